The number of hydrogen-bond donors (Lipinski definition) is 2. The van der Waals surface area contributed by atoms with Gasteiger partial charge in [-0.05, 0) is 50.6 Å². The van der Waals surface area contributed by atoms with Crippen molar-refractivity contribution in [3.63, 3.8) is 0 Å². The van der Waals surface area contributed by atoms with Crippen LogP contribution >= 0.6 is 0 Å². The molecule has 0 aromatic rings. The van der Waals surface area contributed by atoms with Gasteiger partial charge in [-0.1, -0.05) is 47.6 Å². The average Bonchev–Trinajstić information content (AvgIpc) is 2.63. The first kappa shape index (κ1) is 26.1. The highest BCUT2D eigenvalue weighted by Gasteiger charge is 2.39. The van der Waals surface area contributed by atoms with Gasteiger partial charge in [-0.25, -0.2) is 4.79 Å². The number of likely N-dealkylation sites (tertiary alicyclic amines) is 1. The lowest BCUT2D eigenvalue weighted by atomic mass is 9.84. The Hall–Kier alpha value is -1.89. The molecule has 7 nitrogen and oxygen atoms in total. The van der Waals surface area contributed by atoms with Gasteiger partial charge in [0.15, 0.2) is 0 Å². The fourth-order valence-corrected chi connectivity index (χ4v) is 3.88. The third kappa shape index (κ3) is 6.83. The van der Waals surface area contributed by atoms with Gasteiger partial charge in [0.05, 0.1) is 12.1 Å². The molecule has 172 valence electrons. The van der Waals surface area contributed by atoms with E-state index < -0.39 is 17.4 Å². The van der Waals surface area contributed by atoms with Gasteiger partial charge >= 0.3 is 5.97 Å². The van der Waals surface area contributed by atoms with Gasteiger partial charge in [0, 0.05) is 12.6 Å². The van der Waals surface area contributed by atoms with Gasteiger partial charge in [0.2, 0.25) is 11.8 Å². The van der Waals surface area contributed by atoms with Gasteiger partial charge in [-0.3, -0.25) is 14.5 Å². The molecule has 1 aliphatic rings. The summed E-state index contributed by atoms with van der Waals surface area (Å²) in [4.78, 5) is 41.5. The van der Waals surface area contributed by atoms with E-state index in [2.05, 4.69) is 17.1 Å². The molecule has 2 amide bonds. The Morgan fingerprint density at radius 3 is 2.27 bits per heavy atom. The smallest absolute Gasteiger partial charge is 0.331 e. The molecule has 0 unspecified atom stereocenters. The molecule has 30 heavy (non-hydrogen) atoms. The number of aliphatic carboxylic acids is 1. The zero-order valence-corrected chi connectivity index (χ0v) is 20.2. The maximum absolute atomic E-state index is 13.5. The Kier molecular flexibility index (Phi) is 9.08. The lowest BCUT2D eigenvalue weighted by molar-refractivity contribution is -0.141. The average molecular weight is 424 g/mol. The van der Waals surface area contributed by atoms with Gasteiger partial charge in [-0.15, -0.1) is 0 Å². The number of piperidine rings is 1. The van der Waals surface area contributed by atoms with Crippen LogP contribution in [0, 0.1) is 17.3 Å². The molecule has 1 rings (SSSR count). The van der Waals surface area contributed by atoms with Crippen LogP contribution in [0.5, 0.6) is 0 Å². The van der Waals surface area contributed by atoms with Gasteiger partial charge < -0.3 is 15.3 Å². The third-order valence-corrected chi connectivity index (χ3v) is 6.07. The van der Waals surface area contributed by atoms with Gasteiger partial charge in [-0.2, -0.15) is 0 Å². The number of likely N-dealkylation sites (N-methyl/N-ethyl adjacent to an activating group) is 2. The molecule has 0 spiro atoms. The third-order valence-electron chi connectivity index (χ3n) is 6.07. The number of nitrogens with zero attached hydrogens (tertiary/aromatic N) is 2. The molecule has 0 aromatic heterocycles. The SMILES string of the molecule is CC(=C[C@H](C(C)C)N(C)C(=O)[C@@H](NC(=O)[C@H]1C[C@H](C)CCN1C)C(C)(C)C)C(=O)O. The van der Waals surface area contributed by atoms with Crippen LogP contribution in [-0.4, -0.2) is 71.5 Å². The summed E-state index contributed by atoms with van der Waals surface area (Å²) in [5.41, 5.74) is -0.296. The molecule has 1 fully saturated rings. The van der Waals surface area contributed by atoms with Crippen molar-refractivity contribution in [3.05, 3.63) is 11.6 Å². The number of rotatable bonds is 7. The van der Waals surface area contributed by atoms with E-state index in [9.17, 15) is 19.5 Å². The van der Waals surface area contributed by atoms with Crippen molar-refractivity contribution < 1.29 is 19.5 Å². The van der Waals surface area contributed by atoms with Crippen LogP contribution in [0.15, 0.2) is 11.6 Å². The summed E-state index contributed by atoms with van der Waals surface area (Å²) in [5, 5.41) is 12.3. The van der Waals surface area contributed by atoms with E-state index in [0.717, 1.165) is 19.4 Å². The zero-order chi connectivity index (χ0) is 23.4. The lowest BCUT2D eigenvalue weighted by Crippen LogP contribution is -2.60. The largest absolute Gasteiger partial charge is 0.478 e. The van der Waals surface area contributed by atoms with Crippen LogP contribution in [0.1, 0.15) is 61.3 Å². The van der Waals surface area contributed by atoms with E-state index in [1.165, 1.54) is 6.92 Å². The molecule has 0 saturated carbocycles. The summed E-state index contributed by atoms with van der Waals surface area (Å²) >= 11 is 0. The predicted octanol–water partition coefficient (Wildman–Crippen LogP) is 2.76. The Labute approximate surface area is 181 Å². The maximum atomic E-state index is 13.5. The Morgan fingerprint density at radius 1 is 1.23 bits per heavy atom. The molecule has 0 radical (unpaired) electrons. The maximum Gasteiger partial charge on any atom is 0.331 e. The highest BCUT2D eigenvalue weighted by Crippen LogP contribution is 2.26. The molecule has 1 aliphatic heterocycles. The van der Waals surface area contributed by atoms with Crippen molar-refractivity contribution in [1.29, 1.82) is 0 Å². The van der Waals surface area contributed by atoms with Crippen molar-refractivity contribution in [2.75, 3.05) is 20.6 Å². The van der Waals surface area contributed by atoms with E-state index in [1.807, 2.05) is 41.7 Å². The number of carboxylic acids is 1. The second kappa shape index (κ2) is 10.4. The second-order valence-electron chi connectivity index (χ2n) is 10.3. The van der Waals surface area contributed by atoms with Crippen molar-refractivity contribution in [2.45, 2.75) is 79.4 Å². The van der Waals surface area contributed by atoms with E-state index >= 15 is 0 Å². The standard InChI is InChI=1S/C23H41N3O4/c1-14(2)17(13-16(4)22(29)30)26(9)21(28)19(23(5,6)7)24-20(27)18-12-15(3)10-11-25(18)8/h13-15,17-19H,10-12H2,1-9H3,(H,24,27)(H,29,30)/t15-,17-,18-,19-/m1/s1. The number of carbonyl (C=O) groups is 3. The van der Waals surface area contributed by atoms with Crippen molar-refractivity contribution >= 4 is 17.8 Å². The minimum absolute atomic E-state index is 0.0231. The molecule has 1 saturated heterocycles. The van der Waals surface area contributed by atoms with Crippen LogP contribution in [0.3, 0.4) is 0 Å². The molecular weight excluding hydrogens is 382 g/mol. The molecule has 4 atom stereocenters. The second-order valence-corrected chi connectivity index (χ2v) is 10.3. The fourth-order valence-electron chi connectivity index (χ4n) is 3.88. The van der Waals surface area contributed by atoms with Gasteiger partial charge in [0.25, 0.3) is 0 Å². The Bertz CT molecular complexity index is 666. The van der Waals surface area contributed by atoms with Crippen LogP contribution < -0.4 is 5.32 Å². The topological polar surface area (TPSA) is 90.0 Å². The normalized spacial score (nSPS) is 23.1. The fraction of sp³-hybridized carbons (Fsp3) is 0.783. The van der Waals surface area contributed by atoms with Crippen molar-refractivity contribution in [3.8, 4) is 0 Å². The number of carbonyl (C=O) groups excluding carboxylic acids is 2. The number of hydrogen-bond acceptors (Lipinski definition) is 4. The van der Waals surface area contributed by atoms with E-state index in [1.54, 1.807) is 18.0 Å². The first-order valence-corrected chi connectivity index (χ1v) is 10.9. The van der Waals surface area contributed by atoms with Crippen molar-refractivity contribution in [1.82, 2.24) is 15.1 Å². The number of carboxylic acid groups (broad SMARTS) is 1. The summed E-state index contributed by atoms with van der Waals surface area (Å²) in [6.07, 6.45) is 3.46. The van der Waals surface area contributed by atoms with Crippen LogP contribution in [0.2, 0.25) is 0 Å². The highest BCUT2D eigenvalue weighted by atomic mass is 16.4. The van der Waals surface area contributed by atoms with E-state index in [0.29, 0.717) is 5.92 Å². The number of nitrogens with one attached hydrogen (secondary N) is 1. The van der Waals surface area contributed by atoms with Crippen molar-refractivity contribution in [2.24, 2.45) is 17.3 Å². The minimum atomic E-state index is -1.00. The summed E-state index contributed by atoms with van der Waals surface area (Å²) in [6, 6.07) is -1.33. The first-order valence-electron chi connectivity index (χ1n) is 10.9. The lowest BCUT2D eigenvalue weighted by Gasteiger charge is -2.40. The van der Waals surface area contributed by atoms with E-state index in [4.69, 9.17) is 0 Å². The van der Waals surface area contributed by atoms with E-state index in [-0.39, 0.29) is 35.4 Å². The molecule has 7 heteroatoms. The molecule has 2 N–H and O–H groups in total. The summed E-state index contributed by atoms with van der Waals surface area (Å²) < 4.78 is 0. The highest BCUT2D eigenvalue weighted by molar-refractivity contribution is 5.91. The summed E-state index contributed by atoms with van der Waals surface area (Å²) in [6.45, 7) is 14.2. The Balaban J connectivity index is 3.12. The van der Waals surface area contributed by atoms with Crippen LogP contribution in [0.25, 0.3) is 0 Å². The molecule has 0 aromatic carbocycles. The zero-order valence-electron chi connectivity index (χ0n) is 20.2. The summed E-state index contributed by atoms with van der Waals surface area (Å²) in [7, 11) is 3.63. The molecule has 0 aliphatic carbocycles. The molecule has 0 bridgehead atoms. The monoisotopic (exact) mass is 423 g/mol. The number of amides is 2. The summed E-state index contributed by atoms with van der Waals surface area (Å²) in [5.74, 6) is -0.844. The van der Waals surface area contributed by atoms with Crippen LogP contribution in [-0.2, 0) is 14.4 Å². The quantitative estimate of drug-likeness (QED) is 0.615. The predicted molar refractivity (Wildman–Crippen MR) is 119 cm³/mol. The Morgan fingerprint density at radius 2 is 1.80 bits per heavy atom. The molecular formula is C23H41N3O4. The molecule has 1 heterocycles. The minimum Gasteiger partial charge on any atom is -0.478 e. The van der Waals surface area contributed by atoms with Gasteiger partial charge in [0.1, 0.15) is 6.04 Å². The van der Waals surface area contributed by atoms with Crippen LogP contribution in [0.4, 0.5) is 0 Å². The first-order chi connectivity index (χ1) is 13.7.